The molecule has 0 aliphatic rings. The molecule has 1 heterocycles. The van der Waals surface area contributed by atoms with Gasteiger partial charge >= 0.3 is 6.03 Å². The summed E-state index contributed by atoms with van der Waals surface area (Å²) in [4.78, 5) is 15.9. The average Bonchev–Trinajstić information content (AvgIpc) is 2.91. The van der Waals surface area contributed by atoms with Gasteiger partial charge in [-0.25, -0.2) is 22.6 Å². The number of nitrogens with one attached hydrogen (secondary N) is 2. The molecule has 0 saturated carbocycles. The van der Waals surface area contributed by atoms with Gasteiger partial charge < -0.3 is 5.32 Å². The van der Waals surface area contributed by atoms with E-state index in [0.717, 1.165) is 11.3 Å². The highest BCUT2D eigenvalue weighted by atomic mass is 32.2. The second kappa shape index (κ2) is 8.20. The fourth-order valence-corrected chi connectivity index (χ4v) is 4.19. The summed E-state index contributed by atoms with van der Waals surface area (Å²) in [7, 11) is -3.17. The minimum Gasteiger partial charge on any atom is -0.334 e. The van der Waals surface area contributed by atoms with Crippen LogP contribution in [0, 0.1) is 5.82 Å². The van der Waals surface area contributed by atoms with Crippen molar-refractivity contribution in [3.05, 3.63) is 46.7 Å². The van der Waals surface area contributed by atoms with Crippen LogP contribution >= 0.6 is 11.3 Å². The number of halogens is 1. The summed E-state index contributed by atoms with van der Waals surface area (Å²) < 4.78 is 36.6. The Morgan fingerprint density at radius 2 is 2.17 bits per heavy atom. The molecule has 130 valence electrons. The van der Waals surface area contributed by atoms with Crippen molar-refractivity contribution in [1.29, 1.82) is 0 Å². The number of urea groups is 1. The van der Waals surface area contributed by atoms with Crippen molar-refractivity contribution < 1.29 is 17.6 Å². The summed E-state index contributed by atoms with van der Waals surface area (Å²) in [6.07, 6.45) is 0.556. The molecule has 0 bridgehead atoms. The molecule has 24 heavy (non-hydrogen) atoms. The van der Waals surface area contributed by atoms with E-state index in [4.69, 9.17) is 0 Å². The molecular weight excluding hydrogens is 353 g/mol. The first-order valence-corrected chi connectivity index (χ1v) is 10.0. The van der Waals surface area contributed by atoms with Crippen LogP contribution in [-0.2, 0) is 22.1 Å². The molecule has 6 nitrogen and oxygen atoms in total. The number of benzene rings is 1. The van der Waals surface area contributed by atoms with Gasteiger partial charge in [0.05, 0.1) is 17.2 Å². The van der Waals surface area contributed by atoms with E-state index in [1.165, 1.54) is 12.1 Å². The molecular formula is C15H18FN3O3S2. The third-order valence-corrected chi connectivity index (χ3v) is 5.57. The second-order valence-electron chi connectivity index (χ2n) is 5.17. The Morgan fingerprint density at radius 1 is 1.38 bits per heavy atom. The van der Waals surface area contributed by atoms with E-state index in [2.05, 4.69) is 15.6 Å². The van der Waals surface area contributed by atoms with E-state index in [0.29, 0.717) is 22.8 Å². The summed E-state index contributed by atoms with van der Waals surface area (Å²) in [5.41, 5.74) is 1.05. The zero-order valence-corrected chi connectivity index (χ0v) is 14.7. The number of carbonyl (C=O) groups excluding carboxylic acids is 1. The van der Waals surface area contributed by atoms with Gasteiger partial charge in [0.2, 0.25) is 0 Å². The van der Waals surface area contributed by atoms with Crippen LogP contribution in [-0.4, -0.2) is 25.2 Å². The molecule has 0 saturated heterocycles. The van der Waals surface area contributed by atoms with Crippen molar-refractivity contribution in [1.82, 2.24) is 10.3 Å². The van der Waals surface area contributed by atoms with Crippen molar-refractivity contribution in [2.75, 3.05) is 11.1 Å². The van der Waals surface area contributed by atoms with E-state index >= 15 is 0 Å². The lowest BCUT2D eigenvalue weighted by molar-refractivity contribution is 0.251. The van der Waals surface area contributed by atoms with Crippen LogP contribution in [0.1, 0.15) is 24.6 Å². The van der Waals surface area contributed by atoms with Crippen molar-refractivity contribution in [3.63, 3.8) is 0 Å². The molecule has 1 aromatic carbocycles. The molecule has 2 aromatic rings. The van der Waals surface area contributed by atoms with Crippen molar-refractivity contribution in [3.8, 4) is 0 Å². The van der Waals surface area contributed by atoms with Crippen LogP contribution < -0.4 is 10.6 Å². The van der Waals surface area contributed by atoms with Gasteiger partial charge in [-0.05, 0) is 24.1 Å². The fourth-order valence-electron chi connectivity index (χ4n) is 2.01. The Balaban J connectivity index is 1.86. The molecule has 0 unspecified atom stereocenters. The van der Waals surface area contributed by atoms with Gasteiger partial charge in [0.1, 0.15) is 5.82 Å². The van der Waals surface area contributed by atoms with Gasteiger partial charge in [0.15, 0.2) is 15.0 Å². The van der Waals surface area contributed by atoms with E-state index in [9.17, 15) is 17.6 Å². The topological polar surface area (TPSA) is 88.2 Å². The largest absolute Gasteiger partial charge is 0.334 e. The maximum atomic E-state index is 13.0. The second-order valence-corrected chi connectivity index (χ2v) is 8.22. The highest BCUT2D eigenvalue weighted by Gasteiger charge is 2.14. The molecule has 0 spiro atoms. The Hall–Kier alpha value is -2.00. The summed E-state index contributed by atoms with van der Waals surface area (Å²) in [5, 5.41) is 7.04. The Morgan fingerprint density at radius 3 is 2.88 bits per heavy atom. The van der Waals surface area contributed by atoms with Gasteiger partial charge in [-0.15, -0.1) is 11.3 Å². The minimum absolute atomic E-state index is 0.113. The molecule has 2 amide bonds. The first-order chi connectivity index (χ1) is 11.4. The predicted molar refractivity (Wildman–Crippen MR) is 92.2 cm³/mol. The third-order valence-electron chi connectivity index (χ3n) is 3.00. The standard InChI is InChI=1S/C15H18FN3O3S2/c1-2-6-24(21,22)10-13-9-23-15(18-13)19-14(20)17-8-11-4-3-5-12(16)7-11/h3-5,7,9H,2,6,8,10H2,1H3,(H2,17,18,19,20). The number of rotatable bonds is 7. The summed E-state index contributed by atoms with van der Waals surface area (Å²) in [5.74, 6) is -0.390. The first-order valence-electron chi connectivity index (χ1n) is 7.32. The third kappa shape index (κ3) is 5.89. The summed E-state index contributed by atoms with van der Waals surface area (Å²) >= 11 is 1.15. The Labute approximate surface area is 144 Å². The highest BCUT2D eigenvalue weighted by molar-refractivity contribution is 7.90. The van der Waals surface area contributed by atoms with Crippen LogP contribution in [0.4, 0.5) is 14.3 Å². The molecule has 2 N–H and O–H groups in total. The van der Waals surface area contributed by atoms with Crippen molar-refractivity contribution in [2.45, 2.75) is 25.6 Å². The van der Waals surface area contributed by atoms with Crippen LogP contribution in [0.25, 0.3) is 0 Å². The maximum Gasteiger partial charge on any atom is 0.321 e. The summed E-state index contributed by atoms with van der Waals surface area (Å²) in [6, 6.07) is 5.43. The number of nitrogens with zero attached hydrogens (tertiary/aromatic N) is 1. The van der Waals surface area contributed by atoms with E-state index in [1.54, 1.807) is 24.4 Å². The number of hydrogen-bond acceptors (Lipinski definition) is 5. The van der Waals surface area contributed by atoms with Crippen LogP contribution in [0.15, 0.2) is 29.6 Å². The van der Waals surface area contributed by atoms with Gasteiger partial charge in [0.25, 0.3) is 0 Å². The zero-order chi connectivity index (χ0) is 17.6. The van der Waals surface area contributed by atoms with Gasteiger partial charge in [0, 0.05) is 11.9 Å². The normalized spacial score (nSPS) is 11.2. The van der Waals surface area contributed by atoms with Gasteiger partial charge in [-0.1, -0.05) is 19.1 Å². The molecule has 1 aromatic heterocycles. The lowest BCUT2D eigenvalue weighted by Gasteiger charge is -2.05. The zero-order valence-electron chi connectivity index (χ0n) is 13.1. The number of thiazole rings is 1. The lowest BCUT2D eigenvalue weighted by Crippen LogP contribution is -2.28. The number of carbonyl (C=O) groups is 1. The molecule has 0 aliphatic carbocycles. The lowest BCUT2D eigenvalue weighted by atomic mass is 10.2. The van der Waals surface area contributed by atoms with Crippen LogP contribution in [0.2, 0.25) is 0 Å². The number of aromatic nitrogens is 1. The number of anilines is 1. The number of hydrogen-bond donors (Lipinski definition) is 2. The van der Waals surface area contributed by atoms with Crippen molar-refractivity contribution in [2.24, 2.45) is 0 Å². The Kier molecular flexibility index (Phi) is 6.27. The van der Waals surface area contributed by atoms with Crippen LogP contribution in [0.5, 0.6) is 0 Å². The van der Waals surface area contributed by atoms with Crippen LogP contribution in [0.3, 0.4) is 0 Å². The van der Waals surface area contributed by atoms with Gasteiger partial charge in [-0.3, -0.25) is 5.32 Å². The van der Waals surface area contributed by atoms with E-state index in [-0.39, 0.29) is 23.9 Å². The predicted octanol–water partition coefficient (Wildman–Crippen LogP) is 2.93. The van der Waals surface area contributed by atoms with Crippen molar-refractivity contribution >= 4 is 32.3 Å². The quantitative estimate of drug-likeness (QED) is 0.783. The Bertz CT molecular complexity index is 806. The SMILES string of the molecule is CCCS(=O)(=O)Cc1csc(NC(=O)NCc2cccc(F)c2)n1. The fraction of sp³-hybridized carbons (Fsp3) is 0.333. The molecule has 0 atom stereocenters. The molecule has 0 aliphatic heterocycles. The average molecular weight is 371 g/mol. The highest BCUT2D eigenvalue weighted by Crippen LogP contribution is 2.17. The summed E-state index contributed by atoms with van der Waals surface area (Å²) in [6.45, 7) is 1.97. The van der Waals surface area contributed by atoms with E-state index < -0.39 is 15.9 Å². The monoisotopic (exact) mass is 371 g/mol. The minimum atomic E-state index is -3.17. The van der Waals surface area contributed by atoms with Gasteiger partial charge in [-0.2, -0.15) is 0 Å². The number of amides is 2. The first kappa shape index (κ1) is 18.3. The molecule has 2 rings (SSSR count). The molecule has 0 fully saturated rings. The molecule has 0 radical (unpaired) electrons. The van der Waals surface area contributed by atoms with E-state index in [1.807, 2.05) is 0 Å². The maximum absolute atomic E-state index is 13.0. The number of sulfone groups is 1. The smallest absolute Gasteiger partial charge is 0.321 e. The molecule has 9 heteroatoms.